The highest BCUT2D eigenvalue weighted by Gasteiger charge is 2.32. The van der Waals surface area contributed by atoms with E-state index >= 15 is 0 Å². The van der Waals surface area contributed by atoms with Gasteiger partial charge in [0.05, 0.1) is 19.8 Å². The number of methoxy groups -OCH3 is 2. The third-order valence-electron chi connectivity index (χ3n) is 3.02. The molecule has 1 heterocycles. The predicted octanol–water partition coefficient (Wildman–Crippen LogP) is 1.72. The van der Waals surface area contributed by atoms with Crippen molar-refractivity contribution in [3.63, 3.8) is 0 Å². The minimum Gasteiger partial charge on any atom is -0.496 e. The molecule has 2 N–H and O–H groups in total. The second-order valence-corrected chi connectivity index (χ2v) is 4.32. The van der Waals surface area contributed by atoms with E-state index in [9.17, 15) is 0 Å². The lowest BCUT2D eigenvalue weighted by molar-refractivity contribution is 0.368. The zero-order valence-electron chi connectivity index (χ0n) is 11.3. The summed E-state index contributed by atoms with van der Waals surface area (Å²) in [5.74, 6) is 1.12. The maximum absolute atomic E-state index is 6.45. The van der Waals surface area contributed by atoms with Crippen molar-refractivity contribution >= 4 is 0 Å². The van der Waals surface area contributed by atoms with Gasteiger partial charge in [-0.25, -0.2) is 4.98 Å². The third-order valence-corrected chi connectivity index (χ3v) is 3.02. The van der Waals surface area contributed by atoms with Crippen LogP contribution in [0.1, 0.15) is 18.2 Å². The highest BCUT2D eigenvalue weighted by molar-refractivity contribution is 5.45. The number of benzene rings is 1. The fraction of sp³-hybridized carbons (Fsp3) is 0.286. The minimum absolute atomic E-state index is 0.415. The largest absolute Gasteiger partial charge is 0.496 e. The zero-order chi connectivity index (χ0) is 13.9. The fourth-order valence-electron chi connectivity index (χ4n) is 2.03. The Hall–Kier alpha value is -2.14. The molecule has 0 spiro atoms. The lowest BCUT2D eigenvalue weighted by atomic mass is 9.89. The Kier molecular flexibility index (Phi) is 3.66. The quantitative estimate of drug-likeness (QED) is 0.905. The third kappa shape index (κ3) is 2.37. The molecule has 100 valence electrons. The topological polar surface area (TPSA) is 70.3 Å². The first-order valence-corrected chi connectivity index (χ1v) is 5.89. The standard InChI is InChI=1S/C14H17N3O2/c1-14(15,10-6-4-5-7-11(10)18-2)12-13(19-3)17-9-8-16-12/h4-9H,15H2,1-3H3. The Morgan fingerprint density at radius 1 is 1.05 bits per heavy atom. The summed E-state index contributed by atoms with van der Waals surface area (Å²) in [6.45, 7) is 1.86. The first-order chi connectivity index (χ1) is 9.11. The average Bonchev–Trinajstić information content (AvgIpc) is 2.47. The Balaban J connectivity index is 2.58. The Morgan fingerprint density at radius 3 is 2.42 bits per heavy atom. The molecular formula is C14H17N3O2. The number of nitrogens with zero attached hydrogens (tertiary/aromatic N) is 2. The maximum atomic E-state index is 6.45. The molecule has 0 fully saturated rings. The van der Waals surface area contributed by atoms with Gasteiger partial charge in [0.15, 0.2) is 0 Å². The van der Waals surface area contributed by atoms with Crippen LogP contribution in [0.3, 0.4) is 0 Å². The van der Waals surface area contributed by atoms with Crippen LogP contribution < -0.4 is 15.2 Å². The van der Waals surface area contributed by atoms with Crippen LogP contribution in [0.2, 0.25) is 0 Å². The average molecular weight is 259 g/mol. The van der Waals surface area contributed by atoms with E-state index in [4.69, 9.17) is 15.2 Å². The van der Waals surface area contributed by atoms with E-state index in [-0.39, 0.29) is 0 Å². The van der Waals surface area contributed by atoms with Crippen LogP contribution in [0.5, 0.6) is 11.6 Å². The Bertz CT molecular complexity index is 521. The van der Waals surface area contributed by atoms with Crippen molar-refractivity contribution < 1.29 is 9.47 Å². The van der Waals surface area contributed by atoms with Gasteiger partial charge in [-0.1, -0.05) is 18.2 Å². The Morgan fingerprint density at radius 2 is 1.74 bits per heavy atom. The van der Waals surface area contributed by atoms with Crippen molar-refractivity contribution in [2.75, 3.05) is 14.2 Å². The van der Waals surface area contributed by atoms with E-state index in [1.165, 1.54) is 0 Å². The monoisotopic (exact) mass is 259 g/mol. The van der Waals surface area contributed by atoms with Crippen LogP contribution in [0, 0.1) is 0 Å². The lowest BCUT2D eigenvalue weighted by Gasteiger charge is -2.27. The number of para-hydroxylation sites is 1. The molecule has 1 unspecified atom stereocenters. The summed E-state index contributed by atoms with van der Waals surface area (Å²) in [4.78, 5) is 8.44. The van der Waals surface area contributed by atoms with Crippen molar-refractivity contribution in [1.82, 2.24) is 9.97 Å². The smallest absolute Gasteiger partial charge is 0.237 e. The number of aromatic nitrogens is 2. The SMILES string of the molecule is COc1ccccc1C(C)(N)c1nccnc1OC. The molecule has 0 saturated heterocycles. The molecule has 1 aromatic heterocycles. The van der Waals surface area contributed by atoms with Crippen molar-refractivity contribution in [3.8, 4) is 11.6 Å². The van der Waals surface area contributed by atoms with E-state index in [1.807, 2.05) is 31.2 Å². The molecule has 2 rings (SSSR count). The van der Waals surface area contributed by atoms with E-state index in [2.05, 4.69) is 9.97 Å². The van der Waals surface area contributed by atoms with Gasteiger partial charge >= 0.3 is 0 Å². The summed E-state index contributed by atoms with van der Waals surface area (Å²) in [7, 11) is 3.16. The van der Waals surface area contributed by atoms with Crippen LogP contribution in [0.25, 0.3) is 0 Å². The number of hydrogen-bond donors (Lipinski definition) is 1. The van der Waals surface area contributed by atoms with Gasteiger partial charge in [0, 0.05) is 18.0 Å². The van der Waals surface area contributed by atoms with Gasteiger partial charge in [0.2, 0.25) is 5.88 Å². The molecule has 0 bridgehead atoms. The molecule has 5 heteroatoms. The molecule has 1 atom stereocenters. The van der Waals surface area contributed by atoms with Gasteiger partial charge in [-0.15, -0.1) is 0 Å². The summed E-state index contributed by atoms with van der Waals surface area (Å²) in [5, 5.41) is 0. The summed E-state index contributed by atoms with van der Waals surface area (Å²) in [6.07, 6.45) is 3.17. The molecule has 1 aromatic carbocycles. The zero-order valence-corrected chi connectivity index (χ0v) is 11.3. The number of hydrogen-bond acceptors (Lipinski definition) is 5. The molecule has 0 saturated carbocycles. The van der Waals surface area contributed by atoms with Gasteiger partial charge in [0.1, 0.15) is 11.4 Å². The second kappa shape index (κ2) is 5.24. The fourth-order valence-corrected chi connectivity index (χ4v) is 2.03. The van der Waals surface area contributed by atoms with Crippen LogP contribution in [0.15, 0.2) is 36.7 Å². The first kappa shape index (κ1) is 13.3. The van der Waals surface area contributed by atoms with Crippen molar-refractivity contribution in [1.29, 1.82) is 0 Å². The first-order valence-electron chi connectivity index (χ1n) is 5.89. The van der Waals surface area contributed by atoms with Gasteiger partial charge < -0.3 is 15.2 Å². The lowest BCUT2D eigenvalue weighted by Crippen LogP contribution is -2.36. The molecule has 0 aliphatic heterocycles. The van der Waals surface area contributed by atoms with Gasteiger partial charge in [0.25, 0.3) is 0 Å². The van der Waals surface area contributed by atoms with Crippen LogP contribution in [0.4, 0.5) is 0 Å². The van der Waals surface area contributed by atoms with Crippen molar-refractivity contribution in [2.45, 2.75) is 12.5 Å². The van der Waals surface area contributed by atoms with E-state index < -0.39 is 5.54 Å². The van der Waals surface area contributed by atoms with Crippen LogP contribution >= 0.6 is 0 Å². The van der Waals surface area contributed by atoms with E-state index in [1.54, 1.807) is 26.6 Å². The number of nitrogens with two attached hydrogens (primary N) is 1. The maximum Gasteiger partial charge on any atom is 0.237 e. The summed E-state index contributed by atoms with van der Waals surface area (Å²) in [6, 6.07) is 7.58. The minimum atomic E-state index is -0.855. The summed E-state index contributed by atoms with van der Waals surface area (Å²) >= 11 is 0. The van der Waals surface area contributed by atoms with Gasteiger partial charge in [-0.2, -0.15) is 0 Å². The molecule has 0 aliphatic carbocycles. The van der Waals surface area contributed by atoms with Gasteiger partial charge in [-0.3, -0.25) is 4.98 Å². The molecular weight excluding hydrogens is 242 g/mol. The highest BCUT2D eigenvalue weighted by atomic mass is 16.5. The van der Waals surface area contributed by atoms with E-state index in [0.717, 1.165) is 5.56 Å². The van der Waals surface area contributed by atoms with Crippen LogP contribution in [-0.2, 0) is 5.54 Å². The molecule has 2 aromatic rings. The molecule has 5 nitrogen and oxygen atoms in total. The Labute approximate surface area is 112 Å². The van der Waals surface area contributed by atoms with E-state index in [0.29, 0.717) is 17.3 Å². The van der Waals surface area contributed by atoms with Crippen molar-refractivity contribution in [3.05, 3.63) is 47.9 Å². The summed E-state index contributed by atoms with van der Waals surface area (Å²) < 4.78 is 10.6. The highest BCUT2D eigenvalue weighted by Crippen LogP contribution is 2.35. The number of rotatable bonds is 4. The van der Waals surface area contributed by atoms with Crippen LogP contribution in [-0.4, -0.2) is 24.2 Å². The molecule has 0 radical (unpaired) electrons. The molecule has 0 aliphatic rings. The van der Waals surface area contributed by atoms with Gasteiger partial charge in [-0.05, 0) is 13.0 Å². The molecule has 0 amide bonds. The predicted molar refractivity (Wildman–Crippen MR) is 72.2 cm³/mol. The normalized spacial score (nSPS) is 13.7. The van der Waals surface area contributed by atoms with Crippen molar-refractivity contribution in [2.24, 2.45) is 5.73 Å². The summed E-state index contributed by atoms with van der Waals surface area (Å²) in [5.41, 5.74) is 7.00. The molecule has 19 heavy (non-hydrogen) atoms. The second-order valence-electron chi connectivity index (χ2n) is 4.32. The number of ether oxygens (including phenoxy) is 2.